The van der Waals surface area contributed by atoms with Gasteiger partial charge in [-0.3, -0.25) is 4.90 Å². The topological polar surface area (TPSA) is 47.3 Å². The summed E-state index contributed by atoms with van der Waals surface area (Å²) in [6.45, 7) is 9.16. The van der Waals surface area contributed by atoms with Crippen molar-refractivity contribution in [2.45, 2.75) is 84.0 Å². The fraction of sp³-hybridized carbons (Fsp3) is 0.650. The van der Waals surface area contributed by atoms with Crippen LogP contribution in [0.3, 0.4) is 0 Å². The Morgan fingerprint density at radius 2 is 1.78 bits per heavy atom. The van der Waals surface area contributed by atoms with Gasteiger partial charge in [-0.05, 0) is 32.8 Å². The summed E-state index contributed by atoms with van der Waals surface area (Å²) >= 11 is 0. The highest BCUT2D eigenvalue weighted by Gasteiger charge is 2.33. The number of rotatable bonds is 9. The third-order valence-corrected chi connectivity index (χ3v) is 4.24. The largest absolute Gasteiger partial charge is 0.390 e. The third kappa shape index (κ3) is 6.72. The molecule has 0 aliphatic rings. The maximum absolute atomic E-state index is 10.6. The van der Waals surface area contributed by atoms with Crippen molar-refractivity contribution in [2.75, 3.05) is 0 Å². The van der Waals surface area contributed by atoms with Crippen LogP contribution >= 0.6 is 0 Å². The number of aliphatic hydroxyl groups is 1. The van der Waals surface area contributed by atoms with Gasteiger partial charge in [0.1, 0.15) is 6.04 Å². The Labute approximate surface area is 141 Å². The molecule has 0 aliphatic carbocycles. The molecule has 0 spiro atoms. The van der Waals surface area contributed by atoms with Gasteiger partial charge in [0.2, 0.25) is 0 Å². The molecule has 1 N–H and O–H groups in total. The lowest BCUT2D eigenvalue weighted by molar-refractivity contribution is 0.0139. The second-order valence-electron chi connectivity index (χ2n) is 7.27. The van der Waals surface area contributed by atoms with Crippen LogP contribution in [0.25, 0.3) is 0 Å². The Kier molecular flexibility index (Phi) is 8.30. The molecule has 0 saturated carbocycles. The Bertz CT molecular complexity index is 473. The van der Waals surface area contributed by atoms with Crippen molar-refractivity contribution in [1.82, 2.24) is 4.90 Å². The van der Waals surface area contributed by atoms with Gasteiger partial charge in [-0.1, -0.05) is 62.9 Å². The molecule has 0 radical (unpaired) electrons. The molecule has 23 heavy (non-hydrogen) atoms. The molecular weight excluding hydrogens is 284 g/mol. The first kappa shape index (κ1) is 19.7. The van der Waals surface area contributed by atoms with Crippen LogP contribution in [0.4, 0.5) is 0 Å². The lowest BCUT2D eigenvalue weighted by Gasteiger charge is -2.40. The molecule has 0 unspecified atom stereocenters. The molecular formula is C20H32N2O. The normalized spacial score (nSPS) is 14.5. The van der Waals surface area contributed by atoms with Gasteiger partial charge >= 0.3 is 0 Å². The van der Waals surface area contributed by atoms with Crippen LogP contribution in [0, 0.1) is 11.3 Å². The number of unbranched alkanes of at least 4 members (excludes halogenated alkanes) is 3. The van der Waals surface area contributed by atoms with Crippen LogP contribution < -0.4 is 0 Å². The van der Waals surface area contributed by atoms with Gasteiger partial charge in [0.15, 0.2) is 0 Å². The van der Waals surface area contributed by atoms with Crippen LogP contribution in [0.5, 0.6) is 0 Å². The van der Waals surface area contributed by atoms with Gasteiger partial charge in [-0.25, -0.2) is 0 Å². The summed E-state index contributed by atoms with van der Waals surface area (Å²) in [6, 6.07) is 12.0. The van der Waals surface area contributed by atoms with E-state index in [9.17, 15) is 10.4 Å². The van der Waals surface area contributed by atoms with E-state index in [2.05, 4.69) is 50.8 Å². The number of nitrogens with zero attached hydrogens (tertiary/aromatic N) is 2. The summed E-state index contributed by atoms with van der Waals surface area (Å²) in [7, 11) is 0. The number of hydrogen-bond acceptors (Lipinski definition) is 3. The molecule has 1 aromatic rings. The summed E-state index contributed by atoms with van der Waals surface area (Å²) in [5.41, 5.74) is 0.988. The van der Waals surface area contributed by atoms with Crippen LogP contribution in [0.15, 0.2) is 30.3 Å². The minimum Gasteiger partial charge on any atom is -0.390 e. The summed E-state index contributed by atoms with van der Waals surface area (Å²) < 4.78 is 0. The van der Waals surface area contributed by atoms with E-state index in [0.29, 0.717) is 13.0 Å². The molecule has 0 fully saturated rings. The van der Waals surface area contributed by atoms with E-state index in [-0.39, 0.29) is 5.54 Å². The second kappa shape index (κ2) is 9.70. The van der Waals surface area contributed by atoms with E-state index >= 15 is 0 Å². The summed E-state index contributed by atoms with van der Waals surface area (Å²) in [6.07, 6.45) is 4.58. The van der Waals surface area contributed by atoms with Gasteiger partial charge in [0.25, 0.3) is 0 Å². The highest BCUT2D eigenvalue weighted by atomic mass is 16.3. The molecule has 0 amide bonds. The smallest absolute Gasteiger partial charge is 0.125 e. The lowest BCUT2D eigenvalue weighted by atomic mass is 9.96. The molecule has 0 saturated heterocycles. The summed E-state index contributed by atoms with van der Waals surface area (Å²) in [5, 5.41) is 20.2. The predicted octanol–water partition coefficient (Wildman–Crippen LogP) is 4.51. The quantitative estimate of drug-likeness (QED) is 0.682. The Hall–Kier alpha value is -1.37. The van der Waals surface area contributed by atoms with Crippen LogP contribution in [-0.2, 0) is 6.54 Å². The fourth-order valence-electron chi connectivity index (χ4n) is 2.83. The maximum Gasteiger partial charge on any atom is 0.125 e. The van der Waals surface area contributed by atoms with Crippen molar-refractivity contribution in [1.29, 1.82) is 5.26 Å². The number of aliphatic hydroxyl groups excluding tert-OH is 1. The third-order valence-electron chi connectivity index (χ3n) is 4.24. The van der Waals surface area contributed by atoms with E-state index in [1.165, 1.54) is 18.4 Å². The molecule has 0 heterocycles. The van der Waals surface area contributed by atoms with E-state index in [0.717, 1.165) is 12.8 Å². The number of hydrogen-bond donors (Lipinski definition) is 1. The Balaban J connectivity index is 2.80. The molecule has 3 heteroatoms. The molecule has 1 aromatic carbocycles. The average Bonchev–Trinajstić information content (AvgIpc) is 2.51. The zero-order valence-electron chi connectivity index (χ0n) is 15.1. The van der Waals surface area contributed by atoms with E-state index < -0.39 is 12.1 Å². The predicted molar refractivity (Wildman–Crippen MR) is 95.9 cm³/mol. The van der Waals surface area contributed by atoms with E-state index in [1.807, 2.05) is 18.2 Å². The van der Waals surface area contributed by atoms with Crippen molar-refractivity contribution >= 4 is 0 Å². The SMILES string of the molecule is CCCCCC[C@@H](O)[C@@H](C#N)N(Cc1ccccc1)C(C)(C)C. The number of nitriles is 1. The molecule has 3 nitrogen and oxygen atoms in total. The first-order valence-electron chi connectivity index (χ1n) is 8.78. The minimum atomic E-state index is -0.597. The van der Waals surface area contributed by atoms with Gasteiger partial charge < -0.3 is 5.11 Å². The zero-order valence-corrected chi connectivity index (χ0v) is 15.1. The van der Waals surface area contributed by atoms with Gasteiger partial charge in [-0.2, -0.15) is 5.26 Å². The van der Waals surface area contributed by atoms with Gasteiger partial charge in [-0.15, -0.1) is 0 Å². The summed E-state index contributed by atoms with van der Waals surface area (Å²) in [4.78, 5) is 2.12. The Morgan fingerprint density at radius 3 is 2.30 bits per heavy atom. The fourth-order valence-corrected chi connectivity index (χ4v) is 2.83. The molecule has 128 valence electrons. The highest BCUT2D eigenvalue weighted by Crippen LogP contribution is 2.24. The highest BCUT2D eigenvalue weighted by molar-refractivity contribution is 5.16. The molecule has 1 rings (SSSR count). The Morgan fingerprint density at radius 1 is 1.13 bits per heavy atom. The van der Waals surface area contributed by atoms with Crippen molar-refractivity contribution in [3.05, 3.63) is 35.9 Å². The first-order valence-corrected chi connectivity index (χ1v) is 8.78. The molecule has 0 bridgehead atoms. The van der Waals surface area contributed by atoms with Gasteiger partial charge in [0, 0.05) is 12.1 Å². The molecule has 0 aromatic heterocycles. The second-order valence-corrected chi connectivity index (χ2v) is 7.27. The van der Waals surface area contributed by atoms with Gasteiger partial charge in [0.05, 0.1) is 12.2 Å². The van der Waals surface area contributed by atoms with Crippen LogP contribution in [0.1, 0.15) is 65.4 Å². The van der Waals surface area contributed by atoms with E-state index in [1.54, 1.807) is 0 Å². The van der Waals surface area contributed by atoms with Crippen molar-refractivity contribution in [3.63, 3.8) is 0 Å². The van der Waals surface area contributed by atoms with Crippen LogP contribution in [-0.4, -0.2) is 27.7 Å². The zero-order chi connectivity index (χ0) is 17.3. The lowest BCUT2D eigenvalue weighted by Crippen LogP contribution is -2.51. The van der Waals surface area contributed by atoms with Crippen molar-refractivity contribution < 1.29 is 5.11 Å². The summed E-state index contributed by atoms with van der Waals surface area (Å²) in [5.74, 6) is 0. The number of benzene rings is 1. The first-order chi connectivity index (χ1) is 10.9. The monoisotopic (exact) mass is 316 g/mol. The minimum absolute atomic E-state index is 0.180. The molecule has 0 aliphatic heterocycles. The van der Waals surface area contributed by atoms with E-state index in [4.69, 9.17) is 0 Å². The standard InChI is InChI=1S/C20H32N2O/c1-5-6-7-11-14-19(23)18(15-21)22(20(2,3)4)16-17-12-9-8-10-13-17/h8-10,12-13,18-19,23H,5-7,11,14,16H2,1-4H3/t18-,19-/m1/s1. The van der Waals surface area contributed by atoms with Crippen molar-refractivity contribution in [2.24, 2.45) is 0 Å². The van der Waals surface area contributed by atoms with Crippen LogP contribution in [0.2, 0.25) is 0 Å². The van der Waals surface area contributed by atoms with Crippen molar-refractivity contribution in [3.8, 4) is 6.07 Å². The molecule has 2 atom stereocenters. The average molecular weight is 316 g/mol. The maximum atomic E-state index is 10.6.